The first kappa shape index (κ1) is 21.5. The summed E-state index contributed by atoms with van der Waals surface area (Å²) in [6.07, 6.45) is -4.62. The molecule has 2 aromatic carbocycles. The Morgan fingerprint density at radius 3 is 2.30 bits per heavy atom. The zero-order chi connectivity index (χ0) is 20.6. The van der Waals surface area contributed by atoms with E-state index in [0.29, 0.717) is 22.4 Å². The highest BCUT2D eigenvalue weighted by molar-refractivity contribution is 7.89. The van der Waals surface area contributed by atoms with Gasteiger partial charge in [0, 0.05) is 6.54 Å². The van der Waals surface area contributed by atoms with Crippen LogP contribution >= 0.6 is 11.6 Å². The van der Waals surface area contributed by atoms with E-state index in [0.717, 1.165) is 12.1 Å². The van der Waals surface area contributed by atoms with Crippen LogP contribution in [0.1, 0.15) is 27.8 Å². The van der Waals surface area contributed by atoms with Crippen molar-refractivity contribution in [1.29, 1.82) is 0 Å². The van der Waals surface area contributed by atoms with Crippen molar-refractivity contribution in [3.63, 3.8) is 0 Å². The van der Waals surface area contributed by atoms with E-state index in [1.165, 1.54) is 13.2 Å². The number of rotatable bonds is 5. The molecule has 0 amide bonds. The molecule has 4 nitrogen and oxygen atoms in total. The number of methoxy groups -OCH3 is 1. The number of nitrogens with one attached hydrogen (secondary N) is 1. The summed E-state index contributed by atoms with van der Waals surface area (Å²) < 4.78 is 71.9. The molecule has 0 aromatic heterocycles. The lowest BCUT2D eigenvalue weighted by Crippen LogP contribution is -2.25. The first-order chi connectivity index (χ1) is 12.4. The molecule has 0 radical (unpaired) electrons. The van der Waals surface area contributed by atoms with Crippen molar-refractivity contribution < 1.29 is 26.3 Å². The van der Waals surface area contributed by atoms with Crippen LogP contribution in [0.25, 0.3) is 0 Å². The maximum atomic E-state index is 13.0. The fourth-order valence-corrected chi connectivity index (χ4v) is 4.56. The summed E-state index contributed by atoms with van der Waals surface area (Å²) in [6, 6.07) is 4.89. The van der Waals surface area contributed by atoms with Gasteiger partial charge in [0.1, 0.15) is 5.75 Å². The average molecular weight is 422 g/mol. The Balaban J connectivity index is 2.35. The van der Waals surface area contributed by atoms with Gasteiger partial charge < -0.3 is 4.74 Å². The van der Waals surface area contributed by atoms with Crippen LogP contribution in [0.3, 0.4) is 0 Å². The standard InChI is InChI=1S/C18H19ClF3NO3S/c1-10-7-16(26-4)11(2)12(3)17(10)27(24,25)23-9-13-5-6-15(19)14(8-13)18(20,21)22/h5-8,23H,9H2,1-4H3. The Hall–Kier alpha value is -1.77. The summed E-state index contributed by atoms with van der Waals surface area (Å²) in [5.41, 5.74) is 0.819. The van der Waals surface area contributed by atoms with Gasteiger partial charge in [-0.15, -0.1) is 0 Å². The molecule has 0 atom stereocenters. The lowest BCUT2D eigenvalue weighted by atomic mass is 10.1. The van der Waals surface area contributed by atoms with E-state index in [1.54, 1.807) is 26.8 Å². The van der Waals surface area contributed by atoms with Crippen LogP contribution in [0, 0.1) is 20.8 Å². The van der Waals surface area contributed by atoms with Gasteiger partial charge in [-0.2, -0.15) is 13.2 Å². The van der Waals surface area contributed by atoms with Gasteiger partial charge in [0.2, 0.25) is 10.0 Å². The van der Waals surface area contributed by atoms with Gasteiger partial charge in [-0.05, 0) is 61.2 Å². The third kappa shape index (κ3) is 4.56. The van der Waals surface area contributed by atoms with E-state index >= 15 is 0 Å². The van der Waals surface area contributed by atoms with Gasteiger partial charge in [0.25, 0.3) is 0 Å². The van der Waals surface area contributed by atoms with E-state index < -0.39 is 26.8 Å². The highest BCUT2D eigenvalue weighted by atomic mass is 35.5. The number of benzene rings is 2. The second kappa shape index (κ2) is 7.69. The Bertz CT molecular complexity index is 973. The molecule has 0 saturated heterocycles. The lowest BCUT2D eigenvalue weighted by Gasteiger charge is -2.17. The highest BCUT2D eigenvalue weighted by Crippen LogP contribution is 2.35. The summed E-state index contributed by atoms with van der Waals surface area (Å²) in [6.45, 7) is 4.73. The number of alkyl halides is 3. The lowest BCUT2D eigenvalue weighted by molar-refractivity contribution is -0.137. The van der Waals surface area contributed by atoms with E-state index in [2.05, 4.69) is 4.72 Å². The van der Waals surface area contributed by atoms with E-state index in [9.17, 15) is 21.6 Å². The predicted molar refractivity (Wildman–Crippen MR) is 97.7 cm³/mol. The quantitative estimate of drug-likeness (QED) is 0.756. The Labute approximate surface area is 161 Å². The zero-order valence-electron chi connectivity index (χ0n) is 15.2. The van der Waals surface area contributed by atoms with Crippen molar-refractivity contribution in [2.24, 2.45) is 0 Å². The summed E-state index contributed by atoms with van der Waals surface area (Å²) >= 11 is 5.58. The topological polar surface area (TPSA) is 55.4 Å². The van der Waals surface area contributed by atoms with Gasteiger partial charge >= 0.3 is 6.18 Å². The summed E-state index contributed by atoms with van der Waals surface area (Å²) in [5.74, 6) is 0.566. The van der Waals surface area contributed by atoms with Gasteiger partial charge in [-0.3, -0.25) is 0 Å². The Morgan fingerprint density at radius 2 is 1.74 bits per heavy atom. The Kier molecular flexibility index (Phi) is 6.13. The molecule has 0 spiro atoms. The van der Waals surface area contributed by atoms with Crippen molar-refractivity contribution in [3.05, 3.63) is 57.1 Å². The zero-order valence-corrected chi connectivity index (χ0v) is 16.7. The third-order valence-electron chi connectivity index (χ3n) is 4.27. The monoisotopic (exact) mass is 421 g/mol. The average Bonchev–Trinajstić information content (AvgIpc) is 2.56. The fraction of sp³-hybridized carbons (Fsp3) is 0.333. The smallest absolute Gasteiger partial charge is 0.417 e. The van der Waals surface area contributed by atoms with Crippen molar-refractivity contribution in [2.75, 3.05) is 7.11 Å². The minimum atomic E-state index is -4.62. The number of ether oxygens (including phenoxy) is 1. The second-order valence-electron chi connectivity index (χ2n) is 6.11. The number of hydrogen-bond donors (Lipinski definition) is 1. The van der Waals surface area contributed by atoms with E-state index in [4.69, 9.17) is 16.3 Å². The van der Waals surface area contributed by atoms with Crippen LogP contribution in [0.2, 0.25) is 5.02 Å². The summed E-state index contributed by atoms with van der Waals surface area (Å²) in [7, 11) is -2.45. The van der Waals surface area contributed by atoms with Crippen LogP contribution in [0.4, 0.5) is 13.2 Å². The molecule has 148 valence electrons. The van der Waals surface area contributed by atoms with Crippen LogP contribution in [-0.4, -0.2) is 15.5 Å². The maximum Gasteiger partial charge on any atom is 0.417 e. The molecule has 0 aliphatic carbocycles. The van der Waals surface area contributed by atoms with Gasteiger partial charge in [-0.1, -0.05) is 17.7 Å². The SMILES string of the molecule is COc1cc(C)c(S(=O)(=O)NCc2ccc(Cl)c(C(F)(F)F)c2)c(C)c1C. The van der Waals surface area contributed by atoms with Gasteiger partial charge in [-0.25, -0.2) is 13.1 Å². The van der Waals surface area contributed by atoms with E-state index in [-0.39, 0.29) is 17.0 Å². The predicted octanol–water partition coefficient (Wildman–Crippen LogP) is 4.77. The molecule has 0 unspecified atom stereocenters. The number of sulfonamides is 1. The molecule has 0 fully saturated rings. The molecule has 0 heterocycles. The molecule has 9 heteroatoms. The number of hydrogen-bond acceptors (Lipinski definition) is 3. The maximum absolute atomic E-state index is 13.0. The molecular formula is C18H19ClF3NO3S. The minimum absolute atomic E-state index is 0.0887. The highest BCUT2D eigenvalue weighted by Gasteiger charge is 2.33. The van der Waals surface area contributed by atoms with Crippen LogP contribution in [0.5, 0.6) is 5.75 Å². The van der Waals surface area contributed by atoms with Crippen molar-refractivity contribution in [1.82, 2.24) is 4.72 Å². The van der Waals surface area contributed by atoms with Gasteiger partial charge in [0.05, 0.1) is 22.6 Å². The third-order valence-corrected chi connectivity index (χ3v) is 6.29. The molecule has 0 bridgehead atoms. The minimum Gasteiger partial charge on any atom is -0.496 e. The number of halogens is 4. The molecule has 0 aliphatic heterocycles. The van der Waals surface area contributed by atoms with Crippen LogP contribution in [0.15, 0.2) is 29.2 Å². The molecule has 2 rings (SSSR count). The summed E-state index contributed by atoms with van der Waals surface area (Å²) in [5, 5.41) is -0.438. The molecule has 0 saturated carbocycles. The summed E-state index contributed by atoms with van der Waals surface area (Å²) in [4.78, 5) is 0.0887. The van der Waals surface area contributed by atoms with Crippen molar-refractivity contribution >= 4 is 21.6 Å². The Morgan fingerprint density at radius 1 is 1.11 bits per heavy atom. The first-order valence-electron chi connectivity index (χ1n) is 7.88. The molecule has 27 heavy (non-hydrogen) atoms. The number of aryl methyl sites for hydroxylation is 1. The largest absolute Gasteiger partial charge is 0.496 e. The first-order valence-corrected chi connectivity index (χ1v) is 9.74. The van der Waals surface area contributed by atoms with Gasteiger partial charge in [0.15, 0.2) is 0 Å². The van der Waals surface area contributed by atoms with Crippen molar-refractivity contribution in [3.8, 4) is 5.75 Å². The van der Waals surface area contributed by atoms with Crippen LogP contribution < -0.4 is 9.46 Å². The molecule has 2 aromatic rings. The van der Waals surface area contributed by atoms with Crippen LogP contribution in [-0.2, 0) is 22.7 Å². The normalized spacial score (nSPS) is 12.3. The second-order valence-corrected chi connectivity index (χ2v) is 8.22. The fourth-order valence-electron chi connectivity index (χ4n) is 2.80. The molecular weight excluding hydrogens is 403 g/mol. The molecule has 1 N–H and O–H groups in total. The van der Waals surface area contributed by atoms with E-state index in [1.807, 2.05) is 0 Å². The van der Waals surface area contributed by atoms with Crippen molar-refractivity contribution in [2.45, 2.75) is 38.4 Å². The molecule has 0 aliphatic rings.